The van der Waals surface area contributed by atoms with Gasteiger partial charge in [-0.2, -0.15) is 16.9 Å². The SMILES string of the molecule is CSCC(C)(O)CNc1nnc(C)c(C)n1. The fourth-order valence-electron chi connectivity index (χ4n) is 1.16. The lowest BCUT2D eigenvalue weighted by Gasteiger charge is -2.22. The predicted octanol–water partition coefficient (Wildman–Crippen LogP) is 1.01. The van der Waals surface area contributed by atoms with Gasteiger partial charge in [-0.25, -0.2) is 4.98 Å². The topological polar surface area (TPSA) is 70.9 Å². The molecule has 2 N–H and O–H groups in total. The van der Waals surface area contributed by atoms with Crippen molar-refractivity contribution in [1.82, 2.24) is 15.2 Å². The molecule has 1 heterocycles. The van der Waals surface area contributed by atoms with Gasteiger partial charge in [-0.15, -0.1) is 5.10 Å². The van der Waals surface area contributed by atoms with Crippen LogP contribution in [-0.2, 0) is 0 Å². The van der Waals surface area contributed by atoms with E-state index in [4.69, 9.17) is 0 Å². The van der Waals surface area contributed by atoms with Gasteiger partial charge in [-0.3, -0.25) is 0 Å². The van der Waals surface area contributed by atoms with Gasteiger partial charge >= 0.3 is 0 Å². The standard InChI is InChI=1S/C10H18N4OS/c1-7-8(2)13-14-9(12-7)11-5-10(3,15)6-16-4/h15H,5-6H2,1-4H3,(H,11,12,14). The molecule has 6 heteroatoms. The summed E-state index contributed by atoms with van der Waals surface area (Å²) < 4.78 is 0. The minimum atomic E-state index is -0.762. The number of anilines is 1. The van der Waals surface area contributed by atoms with E-state index in [0.29, 0.717) is 18.2 Å². The Labute approximate surface area is 100 Å². The molecule has 0 fully saturated rings. The van der Waals surface area contributed by atoms with Crippen molar-refractivity contribution in [3.05, 3.63) is 11.4 Å². The predicted molar refractivity (Wildman–Crippen MR) is 66.8 cm³/mol. The maximum atomic E-state index is 9.94. The van der Waals surface area contributed by atoms with Crippen molar-refractivity contribution < 1.29 is 5.11 Å². The quantitative estimate of drug-likeness (QED) is 0.803. The molecular weight excluding hydrogens is 224 g/mol. The highest BCUT2D eigenvalue weighted by Gasteiger charge is 2.19. The molecule has 1 aromatic rings. The molecule has 0 saturated carbocycles. The normalized spacial score (nSPS) is 14.6. The van der Waals surface area contributed by atoms with Crippen LogP contribution in [0, 0.1) is 13.8 Å². The number of rotatable bonds is 5. The Morgan fingerprint density at radius 3 is 2.56 bits per heavy atom. The zero-order valence-electron chi connectivity index (χ0n) is 10.1. The molecule has 0 aliphatic rings. The van der Waals surface area contributed by atoms with Crippen molar-refractivity contribution in [2.45, 2.75) is 26.4 Å². The molecule has 0 radical (unpaired) electrons. The van der Waals surface area contributed by atoms with Crippen LogP contribution in [0.5, 0.6) is 0 Å². The molecule has 1 unspecified atom stereocenters. The first-order valence-corrected chi connectivity index (χ1v) is 6.47. The summed E-state index contributed by atoms with van der Waals surface area (Å²) in [6.07, 6.45) is 1.96. The summed E-state index contributed by atoms with van der Waals surface area (Å²) in [4.78, 5) is 4.23. The zero-order chi connectivity index (χ0) is 12.2. The third kappa shape index (κ3) is 3.94. The van der Waals surface area contributed by atoms with E-state index in [1.165, 1.54) is 0 Å². The second-order valence-electron chi connectivity index (χ2n) is 4.09. The Balaban J connectivity index is 2.57. The van der Waals surface area contributed by atoms with E-state index in [9.17, 15) is 5.11 Å². The number of hydrogen-bond acceptors (Lipinski definition) is 6. The molecule has 1 rings (SSSR count). The van der Waals surface area contributed by atoms with E-state index in [-0.39, 0.29) is 0 Å². The van der Waals surface area contributed by atoms with Crippen LogP contribution in [0.2, 0.25) is 0 Å². The van der Waals surface area contributed by atoms with Crippen molar-refractivity contribution >= 4 is 17.7 Å². The van der Waals surface area contributed by atoms with E-state index in [1.807, 2.05) is 20.1 Å². The monoisotopic (exact) mass is 242 g/mol. The summed E-state index contributed by atoms with van der Waals surface area (Å²) >= 11 is 1.60. The van der Waals surface area contributed by atoms with Crippen molar-refractivity contribution in [2.24, 2.45) is 0 Å². The van der Waals surface area contributed by atoms with Gasteiger partial charge in [0.15, 0.2) is 0 Å². The largest absolute Gasteiger partial charge is 0.387 e. The summed E-state index contributed by atoms with van der Waals surface area (Å²) in [5.74, 6) is 1.13. The summed E-state index contributed by atoms with van der Waals surface area (Å²) in [5.41, 5.74) is 0.908. The second-order valence-corrected chi connectivity index (χ2v) is 4.96. The van der Waals surface area contributed by atoms with Crippen LogP contribution in [0.3, 0.4) is 0 Å². The molecule has 0 amide bonds. The fourth-order valence-corrected chi connectivity index (χ4v) is 1.89. The Morgan fingerprint density at radius 2 is 2.00 bits per heavy atom. The third-order valence-electron chi connectivity index (χ3n) is 2.17. The molecule has 0 aliphatic carbocycles. The maximum Gasteiger partial charge on any atom is 0.243 e. The van der Waals surface area contributed by atoms with E-state index < -0.39 is 5.60 Å². The van der Waals surface area contributed by atoms with Crippen molar-refractivity contribution in [3.8, 4) is 0 Å². The van der Waals surface area contributed by atoms with Crippen LogP contribution < -0.4 is 5.32 Å². The molecule has 1 atom stereocenters. The number of aromatic nitrogens is 3. The molecule has 0 aliphatic heterocycles. The molecule has 5 nitrogen and oxygen atoms in total. The highest BCUT2D eigenvalue weighted by Crippen LogP contribution is 2.11. The number of aliphatic hydroxyl groups is 1. The highest BCUT2D eigenvalue weighted by atomic mass is 32.2. The second kappa shape index (κ2) is 5.45. The molecule has 0 aromatic carbocycles. The van der Waals surface area contributed by atoms with Gasteiger partial charge in [0.25, 0.3) is 0 Å². The lowest BCUT2D eigenvalue weighted by Crippen LogP contribution is -2.36. The third-order valence-corrected chi connectivity index (χ3v) is 3.09. The number of nitrogens with zero attached hydrogens (tertiary/aromatic N) is 3. The average Bonchev–Trinajstić information content (AvgIpc) is 2.20. The van der Waals surface area contributed by atoms with Crippen molar-refractivity contribution in [3.63, 3.8) is 0 Å². The molecular formula is C10H18N4OS. The van der Waals surface area contributed by atoms with Crippen LogP contribution in [0.1, 0.15) is 18.3 Å². The van der Waals surface area contributed by atoms with E-state index in [0.717, 1.165) is 11.4 Å². The molecule has 0 saturated heterocycles. The number of thioether (sulfide) groups is 1. The first kappa shape index (κ1) is 13.2. The van der Waals surface area contributed by atoms with Crippen molar-refractivity contribution in [2.75, 3.05) is 23.9 Å². The number of aryl methyl sites for hydroxylation is 2. The number of nitrogens with one attached hydrogen (secondary N) is 1. The summed E-state index contributed by atoms with van der Waals surface area (Å²) in [7, 11) is 0. The van der Waals surface area contributed by atoms with Gasteiger partial charge < -0.3 is 10.4 Å². The molecule has 0 spiro atoms. The lowest BCUT2D eigenvalue weighted by molar-refractivity contribution is 0.0995. The van der Waals surface area contributed by atoms with Gasteiger partial charge in [-0.05, 0) is 27.0 Å². The van der Waals surface area contributed by atoms with Crippen LogP contribution >= 0.6 is 11.8 Å². The van der Waals surface area contributed by atoms with Gasteiger partial charge in [0.1, 0.15) is 0 Å². The molecule has 1 aromatic heterocycles. The van der Waals surface area contributed by atoms with E-state index >= 15 is 0 Å². The smallest absolute Gasteiger partial charge is 0.243 e. The van der Waals surface area contributed by atoms with Crippen LogP contribution in [-0.4, -0.2) is 44.4 Å². The first-order chi connectivity index (χ1) is 7.44. The lowest BCUT2D eigenvalue weighted by atomic mass is 10.1. The van der Waals surface area contributed by atoms with Gasteiger partial charge in [0, 0.05) is 12.3 Å². The Kier molecular flexibility index (Phi) is 4.49. The average molecular weight is 242 g/mol. The Morgan fingerprint density at radius 1 is 1.31 bits per heavy atom. The van der Waals surface area contributed by atoms with Crippen LogP contribution in [0.4, 0.5) is 5.95 Å². The van der Waals surface area contributed by atoms with E-state index in [2.05, 4.69) is 20.5 Å². The minimum absolute atomic E-state index is 0.415. The molecule has 90 valence electrons. The summed E-state index contributed by atoms with van der Waals surface area (Å²) in [5, 5.41) is 20.8. The zero-order valence-corrected chi connectivity index (χ0v) is 10.9. The Bertz CT molecular complexity index is 357. The van der Waals surface area contributed by atoms with Crippen LogP contribution in [0.25, 0.3) is 0 Å². The van der Waals surface area contributed by atoms with Crippen LogP contribution in [0.15, 0.2) is 0 Å². The van der Waals surface area contributed by atoms with E-state index in [1.54, 1.807) is 18.7 Å². The number of hydrogen-bond donors (Lipinski definition) is 2. The summed E-state index contributed by atoms with van der Waals surface area (Å²) in [6.45, 7) is 5.95. The minimum Gasteiger partial charge on any atom is -0.387 e. The van der Waals surface area contributed by atoms with Crippen molar-refractivity contribution in [1.29, 1.82) is 0 Å². The summed E-state index contributed by atoms with van der Waals surface area (Å²) in [6, 6.07) is 0. The maximum absolute atomic E-state index is 9.94. The van der Waals surface area contributed by atoms with Gasteiger partial charge in [0.05, 0.1) is 17.0 Å². The molecule has 0 bridgehead atoms. The molecule has 16 heavy (non-hydrogen) atoms. The Hall–Kier alpha value is -0.880. The van der Waals surface area contributed by atoms with Gasteiger partial charge in [0.2, 0.25) is 5.95 Å². The highest BCUT2D eigenvalue weighted by molar-refractivity contribution is 7.98. The first-order valence-electron chi connectivity index (χ1n) is 5.08. The fraction of sp³-hybridized carbons (Fsp3) is 0.700. The van der Waals surface area contributed by atoms with Gasteiger partial charge in [-0.1, -0.05) is 0 Å².